The van der Waals surface area contributed by atoms with Crippen LogP contribution in [0.2, 0.25) is 0 Å². The Hall–Kier alpha value is -0.630. The molecule has 1 fully saturated rings. The van der Waals surface area contributed by atoms with Gasteiger partial charge in [-0.3, -0.25) is 10.2 Å². The van der Waals surface area contributed by atoms with Crippen LogP contribution in [0.15, 0.2) is 0 Å². The maximum Gasteiger partial charge on any atom is 0.116 e. The fraction of sp³-hybridized carbons (Fsp3) is 0.917. The third kappa shape index (κ3) is 4.09. The number of nitrogens with zero attached hydrogens (tertiary/aromatic N) is 3. The van der Waals surface area contributed by atoms with Crippen molar-refractivity contribution >= 4 is 0 Å². The van der Waals surface area contributed by atoms with Crippen LogP contribution in [0.25, 0.3) is 0 Å². The zero-order chi connectivity index (χ0) is 12.0. The smallest absolute Gasteiger partial charge is 0.116 e. The molecule has 1 saturated heterocycles. The van der Waals surface area contributed by atoms with Crippen LogP contribution in [-0.2, 0) is 0 Å². The van der Waals surface area contributed by atoms with Crippen LogP contribution in [0.1, 0.15) is 20.3 Å². The summed E-state index contributed by atoms with van der Waals surface area (Å²) in [6, 6.07) is 2.41. The lowest BCUT2D eigenvalue weighted by Gasteiger charge is -2.36. The molecule has 0 aromatic rings. The molecule has 0 spiro atoms. The van der Waals surface area contributed by atoms with E-state index in [1.54, 1.807) is 0 Å². The summed E-state index contributed by atoms with van der Waals surface area (Å²) in [5.74, 6) is 0. The minimum atomic E-state index is -0.397. The summed E-state index contributed by atoms with van der Waals surface area (Å²) in [5.41, 5.74) is -0.397. The Morgan fingerprint density at radius 1 is 1.31 bits per heavy atom. The van der Waals surface area contributed by atoms with Gasteiger partial charge in [0, 0.05) is 32.7 Å². The van der Waals surface area contributed by atoms with Crippen LogP contribution in [0.5, 0.6) is 0 Å². The molecular weight excluding hydrogens is 200 g/mol. The molecule has 16 heavy (non-hydrogen) atoms. The Morgan fingerprint density at radius 3 is 2.44 bits per heavy atom. The Balaban J connectivity index is 2.41. The molecule has 1 heterocycles. The predicted molar refractivity (Wildman–Crippen MR) is 66.2 cm³/mol. The molecule has 4 heteroatoms. The summed E-state index contributed by atoms with van der Waals surface area (Å²) in [6.07, 6.45) is 1.07. The first-order chi connectivity index (χ1) is 7.59. The van der Waals surface area contributed by atoms with Gasteiger partial charge in [-0.15, -0.1) is 0 Å². The van der Waals surface area contributed by atoms with Crippen LogP contribution < -0.4 is 5.32 Å². The Bertz CT molecular complexity index is 240. The van der Waals surface area contributed by atoms with E-state index < -0.39 is 5.54 Å². The second kappa shape index (κ2) is 6.19. The molecular formula is C12H24N4. The normalized spacial score (nSPS) is 22.6. The number of piperazine rings is 1. The van der Waals surface area contributed by atoms with Gasteiger partial charge in [0.05, 0.1) is 6.07 Å². The highest BCUT2D eigenvalue weighted by atomic mass is 15.3. The van der Waals surface area contributed by atoms with E-state index in [1.807, 2.05) is 6.92 Å². The molecule has 0 aromatic heterocycles. The topological polar surface area (TPSA) is 42.3 Å². The van der Waals surface area contributed by atoms with Crippen molar-refractivity contribution in [2.45, 2.75) is 25.8 Å². The largest absolute Gasteiger partial charge is 0.304 e. The van der Waals surface area contributed by atoms with Gasteiger partial charge in [-0.2, -0.15) is 5.26 Å². The van der Waals surface area contributed by atoms with E-state index in [0.29, 0.717) is 0 Å². The van der Waals surface area contributed by atoms with E-state index in [4.69, 9.17) is 0 Å². The molecule has 1 atom stereocenters. The maximum atomic E-state index is 9.24. The summed E-state index contributed by atoms with van der Waals surface area (Å²) in [6.45, 7) is 10.2. The Kier molecular flexibility index (Phi) is 5.20. The van der Waals surface area contributed by atoms with E-state index >= 15 is 0 Å². The first kappa shape index (κ1) is 13.4. The van der Waals surface area contributed by atoms with Crippen molar-refractivity contribution in [3.05, 3.63) is 0 Å². The van der Waals surface area contributed by atoms with Gasteiger partial charge in [0.2, 0.25) is 0 Å². The van der Waals surface area contributed by atoms with Gasteiger partial charge in [-0.1, -0.05) is 6.92 Å². The molecule has 0 aliphatic carbocycles. The van der Waals surface area contributed by atoms with Crippen LogP contribution in [-0.4, -0.2) is 61.7 Å². The summed E-state index contributed by atoms with van der Waals surface area (Å²) in [4.78, 5) is 4.71. The summed E-state index contributed by atoms with van der Waals surface area (Å²) in [5, 5.41) is 12.6. The van der Waals surface area contributed by atoms with Crippen LogP contribution in [0.4, 0.5) is 0 Å². The molecule has 4 nitrogen and oxygen atoms in total. The molecule has 0 saturated carbocycles. The molecule has 1 unspecified atom stereocenters. The fourth-order valence-electron chi connectivity index (χ4n) is 1.98. The minimum Gasteiger partial charge on any atom is -0.304 e. The van der Waals surface area contributed by atoms with Gasteiger partial charge in [0.15, 0.2) is 0 Å². The number of hydrogen-bond donors (Lipinski definition) is 1. The van der Waals surface area contributed by atoms with Crippen molar-refractivity contribution in [2.75, 3.05) is 46.3 Å². The Morgan fingerprint density at radius 2 is 1.94 bits per heavy atom. The number of likely N-dealkylation sites (N-methyl/N-ethyl adjacent to an activating group) is 1. The second-order valence-corrected chi connectivity index (χ2v) is 4.95. The van der Waals surface area contributed by atoms with Crippen molar-refractivity contribution in [3.63, 3.8) is 0 Å². The number of rotatable bonds is 5. The minimum absolute atomic E-state index is 0.397. The molecule has 0 aromatic carbocycles. The first-order valence-electron chi connectivity index (χ1n) is 6.17. The molecule has 1 aliphatic rings. The highest BCUT2D eigenvalue weighted by molar-refractivity contribution is 5.06. The molecule has 92 valence electrons. The third-order valence-electron chi connectivity index (χ3n) is 3.15. The second-order valence-electron chi connectivity index (χ2n) is 4.95. The zero-order valence-electron chi connectivity index (χ0n) is 10.8. The van der Waals surface area contributed by atoms with Crippen molar-refractivity contribution in [2.24, 2.45) is 0 Å². The molecule has 1 N–H and O–H groups in total. The Labute approximate surface area is 99.2 Å². The van der Waals surface area contributed by atoms with Gasteiger partial charge in [-0.25, -0.2) is 0 Å². The van der Waals surface area contributed by atoms with E-state index in [0.717, 1.165) is 45.7 Å². The molecule has 1 rings (SSSR count). The summed E-state index contributed by atoms with van der Waals surface area (Å²) in [7, 11) is 2.15. The lowest BCUT2D eigenvalue weighted by Crippen LogP contribution is -2.55. The van der Waals surface area contributed by atoms with Crippen molar-refractivity contribution < 1.29 is 0 Å². The molecule has 0 amide bonds. The van der Waals surface area contributed by atoms with E-state index in [9.17, 15) is 5.26 Å². The first-order valence-corrected chi connectivity index (χ1v) is 6.17. The number of hydrogen-bond acceptors (Lipinski definition) is 4. The lowest BCUT2D eigenvalue weighted by molar-refractivity contribution is 0.133. The SMILES string of the molecule is CCCNC(C)(C#N)CN1CCN(C)CC1. The molecule has 0 bridgehead atoms. The zero-order valence-corrected chi connectivity index (χ0v) is 10.8. The van der Waals surface area contributed by atoms with Crippen molar-refractivity contribution in [1.29, 1.82) is 5.26 Å². The number of nitrogens with one attached hydrogen (secondary N) is 1. The van der Waals surface area contributed by atoms with Crippen LogP contribution in [0.3, 0.4) is 0 Å². The quantitative estimate of drug-likeness (QED) is 0.739. The van der Waals surface area contributed by atoms with Gasteiger partial charge < -0.3 is 4.90 Å². The summed E-state index contributed by atoms with van der Waals surface area (Å²) >= 11 is 0. The van der Waals surface area contributed by atoms with E-state index in [2.05, 4.69) is 35.2 Å². The van der Waals surface area contributed by atoms with Crippen LogP contribution >= 0.6 is 0 Å². The van der Waals surface area contributed by atoms with Gasteiger partial charge in [0.1, 0.15) is 5.54 Å². The van der Waals surface area contributed by atoms with Crippen molar-refractivity contribution in [3.8, 4) is 6.07 Å². The summed E-state index contributed by atoms with van der Waals surface area (Å²) < 4.78 is 0. The molecule has 0 radical (unpaired) electrons. The monoisotopic (exact) mass is 224 g/mol. The van der Waals surface area contributed by atoms with E-state index in [-0.39, 0.29) is 0 Å². The lowest BCUT2D eigenvalue weighted by atomic mass is 10.0. The highest BCUT2D eigenvalue weighted by Gasteiger charge is 2.27. The van der Waals surface area contributed by atoms with E-state index in [1.165, 1.54) is 0 Å². The average molecular weight is 224 g/mol. The maximum absolute atomic E-state index is 9.24. The van der Waals surface area contributed by atoms with Gasteiger partial charge in [0.25, 0.3) is 0 Å². The van der Waals surface area contributed by atoms with Crippen LogP contribution in [0, 0.1) is 11.3 Å². The molecule has 1 aliphatic heterocycles. The predicted octanol–water partition coefficient (Wildman–Crippen LogP) is 0.516. The highest BCUT2D eigenvalue weighted by Crippen LogP contribution is 2.08. The average Bonchev–Trinajstić information content (AvgIpc) is 2.30. The number of nitriles is 1. The standard InChI is InChI=1S/C12H24N4/c1-4-5-14-12(2,10-13)11-16-8-6-15(3)7-9-16/h14H,4-9,11H2,1-3H3. The van der Waals surface area contributed by atoms with Gasteiger partial charge >= 0.3 is 0 Å². The van der Waals surface area contributed by atoms with Gasteiger partial charge in [-0.05, 0) is 26.9 Å². The fourth-order valence-corrected chi connectivity index (χ4v) is 1.98. The third-order valence-corrected chi connectivity index (χ3v) is 3.15. The van der Waals surface area contributed by atoms with Crippen molar-refractivity contribution in [1.82, 2.24) is 15.1 Å².